The zero-order valence-electron chi connectivity index (χ0n) is 13.2. The molecule has 0 aliphatic rings. The molecule has 2 rings (SSSR count). The number of ether oxygens (including phenoxy) is 1. The summed E-state index contributed by atoms with van der Waals surface area (Å²) in [5.74, 6) is -0.0124. The molecule has 0 atom stereocenters. The number of rotatable bonds is 5. The number of nitrogens with zero attached hydrogens (tertiary/aromatic N) is 1. The van der Waals surface area contributed by atoms with E-state index in [4.69, 9.17) is 27.9 Å². The molecule has 2 aromatic rings. The summed E-state index contributed by atoms with van der Waals surface area (Å²) in [6.45, 7) is -0.101. The van der Waals surface area contributed by atoms with Crippen molar-refractivity contribution in [2.24, 2.45) is 0 Å². The van der Waals surface area contributed by atoms with Gasteiger partial charge in [-0.2, -0.15) is 0 Å². The van der Waals surface area contributed by atoms with E-state index in [9.17, 15) is 9.59 Å². The molecule has 0 saturated heterocycles. The number of carbonyl (C=O) groups is 2. The molecule has 0 unspecified atom stereocenters. The highest BCUT2D eigenvalue weighted by Crippen LogP contribution is 2.23. The molecular weight excluding hydrogens is 351 g/mol. The Labute approximate surface area is 150 Å². The van der Waals surface area contributed by atoms with Gasteiger partial charge in [0, 0.05) is 24.4 Å². The molecule has 0 bridgehead atoms. The Morgan fingerprint density at radius 2 is 1.88 bits per heavy atom. The van der Waals surface area contributed by atoms with Crippen LogP contribution in [-0.4, -0.2) is 37.4 Å². The molecule has 5 nitrogen and oxygen atoms in total. The second-order valence-corrected chi connectivity index (χ2v) is 5.88. The number of hydrogen-bond acceptors (Lipinski definition) is 3. The van der Waals surface area contributed by atoms with Crippen LogP contribution in [0.3, 0.4) is 0 Å². The number of halogens is 2. The van der Waals surface area contributed by atoms with Crippen LogP contribution in [0.25, 0.3) is 0 Å². The second-order valence-electron chi connectivity index (χ2n) is 5.07. The highest BCUT2D eigenvalue weighted by atomic mass is 35.5. The van der Waals surface area contributed by atoms with Crippen molar-refractivity contribution in [1.82, 2.24) is 4.90 Å². The summed E-state index contributed by atoms with van der Waals surface area (Å²) in [5, 5.41) is 3.37. The number of methoxy groups -OCH3 is 1. The smallest absolute Gasteiger partial charge is 0.254 e. The Morgan fingerprint density at radius 1 is 1.12 bits per heavy atom. The monoisotopic (exact) mass is 366 g/mol. The normalized spacial score (nSPS) is 10.2. The van der Waals surface area contributed by atoms with E-state index in [-0.39, 0.29) is 23.4 Å². The predicted molar refractivity (Wildman–Crippen MR) is 95.0 cm³/mol. The largest absolute Gasteiger partial charge is 0.497 e. The van der Waals surface area contributed by atoms with Crippen LogP contribution in [0.15, 0.2) is 42.5 Å². The van der Waals surface area contributed by atoms with Crippen molar-refractivity contribution in [3.8, 4) is 5.75 Å². The number of benzene rings is 2. The predicted octanol–water partition coefficient (Wildman–Crippen LogP) is 3.71. The van der Waals surface area contributed by atoms with Crippen LogP contribution in [0.5, 0.6) is 5.75 Å². The van der Waals surface area contributed by atoms with Gasteiger partial charge in [-0.25, -0.2) is 0 Å². The molecular formula is C17H16Cl2N2O3. The first-order chi connectivity index (χ1) is 11.4. The molecule has 7 heteroatoms. The van der Waals surface area contributed by atoms with Gasteiger partial charge in [-0.05, 0) is 30.3 Å². The number of amides is 2. The average Bonchev–Trinajstić information content (AvgIpc) is 2.56. The van der Waals surface area contributed by atoms with Crippen LogP contribution in [0, 0.1) is 0 Å². The van der Waals surface area contributed by atoms with Crippen molar-refractivity contribution in [2.45, 2.75) is 0 Å². The van der Waals surface area contributed by atoms with Gasteiger partial charge in [0.25, 0.3) is 5.91 Å². The van der Waals surface area contributed by atoms with Crippen molar-refractivity contribution in [1.29, 1.82) is 0 Å². The lowest BCUT2D eigenvalue weighted by Crippen LogP contribution is -2.34. The number of hydrogen-bond donors (Lipinski definition) is 1. The number of carbonyl (C=O) groups excluding carboxylic acids is 2. The first-order valence-corrected chi connectivity index (χ1v) is 7.80. The van der Waals surface area contributed by atoms with Gasteiger partial charge in [-0.1, -0.05) is 29.3 Å². The summed E-state index contributed by atoms with van der Waals surface area (Å²) < 4.78 is 5.10. The third-order valence-electron chi connectivity index (χ3n) is 3.25. The third-order valence-corrected chi connectivity index (χ3v) is 3.99. The maximum atomic E-state index is 12.3. The fraction of sp³-hybridized carbons (Fsp3) is 0.176. The highest BCUT2D eigenvalue weighted by molar-refractivity contribution is 6.42. The fourth-order valence-electron chi connectivity index (χ4n) is 2.04. The average molecular weight is 367 g/mol. The Hall–Kier alpha value is -2.24. The molecule has 0 aromatic heterocycles. The van der Waals surface area contributed by atoms with Crippen molar-refractivity contribution in [3.63, 3.8) is 0 Å². The number of anilines is 1. The Balaban J connectivity index is 1.99. The van der Waals surface area contributed by atoms with Crippen molar-refractivity contribution < 1.29 is 14.3 Å². The van der Waals surface area contributed by atoms with Gasteiger partial charge >= 0.3 is 0 Å². The first kappa shape index (κ1) is 18.1. The molecule has 0 aliphatic heterocycles. The minimum atomic E-state index is -0.325. The molecule has 1 N–H and O–H groups in total. The van der Waals surface area contributed by atoms with Gasteiger partial charge < -0.3 is 15.0 Å². The van der Waals surface area contributed by atoms with Crippen molar-refractivity contribution >= 4 is 40.7 Å². The van der Waals surface area contributed by atoms with Crippen LogP contribution < -0.4 is 10.1 Å². The molecule has 2 aromatic carbocycles. The van der Waals surface area contributed by atoms with E-state index >= 15 is 0 Å². The maximum absolute atomic E-state index is 12.3. The van der Waals surface area contributed by atoms with E-state index in [1.807, 2.05) is 0 Å². The van der Waals surface area contributed by atoms with E-state index < -0.39 is 0 Å². The van der Waals surface area contributed by atoms with Gasteiger partial charge in [0.1, 0.15) is 5.75 Å². The fourth-order valence-corrected chi connectivity index (χ4v) is 2.34. The van der Waals surface area contributed by atoms with Gasteiger partial charge in [0.05, 0.1) is 23.7 Å². The SMILES string of the molecule is COc1cccc(NC(=O)CN(C)C(=O)c2ccc(Cl)c(Cl)c2)c1. The molecule has 0 fully saturated rings. The Kier molecular flexibility index (Phi) is 6.06. The van der Waals surface area contributed by atoms with E-state index in [0.29, 0.717) is 22.0 Å². The van der Waals surface area contributed by atoms with Crippen molar-refractivity contribution in [2.75, 3.05) is 26.0 Å². The first-order valence-electron chi connectivity index (χ1n) is 7.05. The van der Waals surface area contributed by atoms with Crippen LogP contribution in [0.1, 0.15) is 10.4 Å². The highest BCUT2D eigenvalue weighted by Gasteiger charge is 2.16. The van der Waals surface area contributed by atoms with E-state index in [2.05, 4.69) is 5.32 Å². The third kappa shape index (κ3) is 4.63. The zero-order chi connectivity index (χ0) is 17.7. The van der Waals surface area contributed by atoms with Crippen LogP contribution >= 0.6 is 23.2 Å². The summed E-state index contributed by atoms with van der Waals surface area (Å²) in [4.78, 5) is 25.7. The summed E-state index contributed by atoms with van der Waals surface area (Å²) in [7, 11) is 3.08. The van der Waals surface area contributed by atoms with E-state index in [1.54, 1.807) is 43.5 Å². The molecule has 0 aliphatic carbocycles. The summed E-state index contributed by atoms with van der Waals surface area (Å²) >= 11 is 11.7. The molecule has 0 saturated carbocycles. The second kappa shape index (κ2) is 8.04. The lowest BCUT2D eigenvalue weighted by molar-refractivity contribution is -0.116. The molecule has 0 radical (unpaired) electrons. The minimum Gasteiger partial charge on any atom is -0.497 e. The molecule has 2 amide bonds. The zero-order valence-corrected chi connectivity index (χ0v) is 14.7. The summed E-state index contributed by atoms with van der Waals surface area (Å²) in [6, 6.07) is 11.5. The Bertz CT molecular complexity index is 765. The Morgan fingerprint density at radius 3 is 2.54 bits per heavy atom. The van der Waals surface area contributed by atoms with E-state index in [0.717, 1.165) is 0 Å². The minimum absolute atomic E-state index is 0.101. The lowest BCUT2D eigenvalue weighted by Gasteiger charge is -2.17. The number of likely N-dealkylation sites (N-methyl/N-ethyl adjacent to an activating group) is 1. The quantitative estimate of drug-likeness (QED) is 0.877. The van der Waals surface area contributed by atoms with Crippen LogP contribution in [0.4, 0.5) is 5.69 Å². The van der Waals surface area contributed by atoms with Gasteiger partial charge in [-0.15, -0.1) is 0 Å². The van der Waals surface area contributed by atoms with E-state index in [1.165, 1.54) is 18.0 Å². The maximum Gasteiger partial charge on any atom is 0.254 e. The molecule has 126 valence electrons. The summed E-state index contributed by atoms with van der Waals surface area (Å²) in [6.07, 6.45) is 0. The summed E-state index contributed by atoms with van der Waals surface area (Å²) in [5.41, 5.74) is 0.954. The number of nitrogens with one attached hydrogen (secondary N) is 1. The van der Waals surface area contributed by atoms with Crippen LogP contribution in [-0.2, 0) is 4.79 Å². The van der Waals surface area contributed by atoms with Crippen LogP contribution in [0.2, 0.25) is 10.0 Å². The standard InChI is InChI=1S/C17H16Cl2N2O3/c1-21(17(23)11-6-7-14(18)15(19)8-11)10-16(22)20-12-4-3-5-13(9-12)24-2/h3-9H,10H2,1-2H3,(H,20,22). The molecule has 0 spiro atoms. The van der Waals surface area contributed by atoms with Gasteiger partial charge in [-0.3, -0.25) is 9.59 Å². The molecule has 24 heavy (non-hydrogen) atoms. The topological polar surface area (TPSA) is 58.6 Å². The lowest BCUT2D eigenvalue weighted by atomic mass is 10.2. The van der Waals surface area contributed by atoms with Crippen molar-refractivity contribution in [3.05, 3.63) is 58.1 Å². The molecule has 0 heterocycles. The van der Waals surface area contributed by atoms with Gasteiger partial charge in [0.2, 0.25) is 5.91 Å². The van der Waals surface area contributed by atoms with Gasteiger partial charge in [0.15, 0.2) is 0 Å².